The number of nitrogens with one attached hydrogen (secondary N) is 2. The largest absolute Gasteiger partial charge is 0.377 e. The highest BCUT2D eigenvalue weighted by molar-refractivity contribution is 4.91. The summed E-state index contributed by atoms with van der Waals surface area (Å²) in [4.78, 5) is 2.30. The van der Waals surface area contributed by atoms with Crippen molar-refractivity contribution in [3.05, 3.63) is 0 Å². The SMILES string of the molecule is CNC(C)(C)[C@H](O)N[C@H](C)N1C[C@H]1C. The molecule has 0 aliphatic carbocycles. The Kier molecular flexibility index (Phi) is 3.53. The summed E-state index contributed by atoms with van der Waals surface area (Å²) in [6.07, 6.45) is -0.289. The Morgan fingerprint density at radius 1 is 1.50 bits per heavy atom. The van der Waals surface area contributed by atoms with Crippen LogP contribution in [0.3, 0.4) is 0 Å². The van der Waals surface area contributed by atoms with Crippen LogP contribution in [-0.2, 0) is 0 Å². The van der Waals surface area contributed by atoms with Crippen LogP contribution >= 0.6 is 0 Å². The number of hydrogen-bond acceptors (Lipinski definition) is 4. The predicted octanol–water partition coefficient (Wildman–Crippen LogP) is -0.0575. The highest BCUT2D eigenvalue weighted by atomic mass is 16.3. The predicted molar refractivity (Wildman–Crippen MR) is 57.9 cm³/mol. The van der Waals surface area contributed by atoms with E-state index in [9.17, 15) is 5.11 Å². The van der Waals surface area contributed by atoms with Gasteiger partial charge in [0.15, 0.2) is 0 Å². The monoisotopic (exact) mass is 201 g/mol. The molecule has 14 heavy (non-hydrogen) atoms. The van der Waals surface area contributed by atoms with Gasteiger partial charge in [0.2, 0.25) is 0 Å². The molecule has 0 spiro atoms. The Labute approximate surface area is 86.7 Å². The van der Waals surface area contributed by atoms with Crippen molar-refractivity contribution >= 4 is 0 Å². The number of likely N-dealkylation sites (N-methyl/N-ethyl adjacent to an activating group) is 1. The third kappa shape index (κ3) is 2.67. The Bertz CT molecular complexity index is 196. The normalized spacial score (nSPS) is 31.3. The molecule has 4 heteroatoms. The van der Waals surface area contributed by atoms with Crippen LogP contribution in [0.1, 0.15) is 27.7 Å². The van der Waals surface area contributed by atoms with Gasteiger partial charge in [-0.15, -0.1) is 0 Å². The van der Waals surface area contributed by atoms with Crippen LogP contribution < -0.4 is 10.6 Å². The van der Waals surface area contributed by atoms with E-state index in [-0.39, 0.29) is 11.7 Å². The molecule has 0 bridgehead atoms. The first kappa shape index (κ1) is 11.9. The van der Waals surface area contributed by atoms with Gasteiger partial charge in [-0.3, -0.25) is 10.2 Å². The molecule has 4 atom stereocenters. The zero-order chi connectivity index (χ0) is 10.9. The number of hydrogen-bond donors (Lipinski definition) is 3. The summed E-state index contributed by atoms with van der Waals surface area (Å²) in [5.41, 5.74) is -0.298. The Morgan fingerprint density at radius 3 is 2.36 bits per heavy atom. The molecule has 0 saturated carbocycles. The van der Waals surface area contributed by atoms with E-state index in [1.807, 2.05) is 20.9 Å². The minimum atomic E-state index is -0.532. The van der Waals surface area contributed by atoms with Crippen molar-refractivity contribution in [2.24, 2.45) is 0 Å². The van der Waals surface area contributed by atoms with Gasteiger partial charge < -0.3 is 10.4 Å². The topological polar surface area (TPSA) is 47.3 Å². The van der Waals surface area contributed by atoms with Crippen LogP contribution in [0.2, 0.25) is 0 Å². The van der Waals surface area contributed by atoms with E-state index < -0.39 is 6.23 Å². The van der Waals surface area contributed by atoms with Crippen LogP contribution in [0, 0.1) is 0 Å². The zero-order valence-corrected chi connectivity index (χ0v) is 9.83. The molecule has 0 amide bonds. The molecular formula is C10H23N3O. The summed E-state index contributed by atoms with van der Waals surface area (Å²) in [6, 6.07) is 0.655. The van der Waals surface area contributed by atoms with Gasteiger partial charge in [0, 0.05) is 12.6 Å². The third-order valence-corrected chi connectivity index (χ3v) is 3.13. The van der Waals surface area contributed by atoms with Crippen LogP contribution in [0.15, 0.2) is 0 Å². The van der Waals surface area contributed by atoms with Gasteiger partial charge in [-0.2, -0.15) is 0 Å². The number of aliphatic hydroxyl groups is 1. The minimum Gasteiger partial charge on any atom is -0.377 e. The molecule has 1 aliphatic heterocycles. The van der Waals surface area contributed by atoms with Gasteiger partial charge >= 0.3 is 0 Å². The van der Waals surface area contributed by atoms with Crippen molar-refractivity contribution in [1.29, 1.82) is 0 Å². The molecule has 0 aromatic heterocycles. The average Bonchev–Trinajstić information content (AvgIpc) is 2.82. The lowest BCUT2D eigenvalue weighted by molar-refractivity contribution is 0.0330. The second-order valence-corrected chi connectivity index (χ2v) is 4.76. The summed E-state index contributed by atoms with van der Waals surface area (Å²) in [5.74, 6) is 0. The fraction of sp³-hybridized carbons (Fsp3) is 1.00. The lowest BCUT2D eigenvalue weighted by atomic mass is 10.0. The van der Waals surface area contributed by atoms with Crippen molar-refractivity contribution in [3.63, 3.8) is 0 Å². The molecule has 1 aliphatic rings. The van der Waals surface area contributed by atoms with Gasteiger partial charge in [0.1, 0.15) is 6.23 Å². The van der Waals surface area contributed by atoms with Crippen molar-refractivity contribution in [1.82, 2.24) is 15.5 Å². The van der Waals surface area contributed by atoms with Gasteiger partial charge in [-0.05, 0) is 34.7 Å². The van der Waals surface area contributed by atoms with E-state index in [4.69, 9.17) is 0 Å². The molecule has 0 aromatic carbocycles. The summed E-state index contributed by atoms with van der Waals surface area (Å²) < 4.78 is 0. The minimum absolute atomic E-state index is 0.243. The van der Waals surface area contributed by atoms with E-state index in [0.29, 0.717) is 6.04 Å². The fourth-order valence-electron chi connectivity index (χ4n) is 1.47. The first-order chi connectivity index (χ1) is 6.38. The van der Waals surface area contributed by atoms with Crippen molar-refractivity contribution in [2.45, 2.75) is 51.7 Å². The zero-order valence-electron chi connectivity index (χ0n) is 9.83. The molecule has 1 unspecified atom stereocenters. The lowest BCUT2D eigenvalue weighted by Gasteiger charge is -2.33. The van der Waals surface area contributed by atoms with Gasteiger partial charge in [-0.25, -0.2) is 0 Å². The maximum atomic E-state index is 9.91. The van der Waals surface area contributed by atoms with Crippen molar-refractivity contribution < 1.29 is 5.11 Å². The first-order valence-electron chi connectivity index (χ1n) is 5.27. The summed E-state index contributed by atoms with van der Waals surface area (Å²) in [5, 5.41) is 16.2. The van der Waals surface area contributed by atoms with Crippen LogP contribution in [0.25, 0.3) is 0 Å². The van der Waals surface area contributed by atoms with Crippen LogP contribution in [-0.4, -0.2) is 47.6 Å². The van der Waals surface area contributed by atoms with Gasteiger partial charge in [0.05, 0.1) is 11.7 Å². The molecule has 1 saturated heterocycles. The summed E-state index contributed by atoms with van der Waals surface area (Å²) >= 11 is 0. The average molecular weight is 201 g/mol. The molecule has 0 aromatic rings. The van der Waals surface area contributed by atoms with Crippen molar-refractivity contribution in [3.8, 4) is 0 Å². The molecule has 4 nitrogen and oxygen atoms in total. The third-order valence-electron chi connectivity index (χ3n) is 3.13. The second kappa shape index (κ2) is 4.14. The van der Waals surface area contributed by atoms with E-state index in [1.54, 1.807) is 0 Å². The quantitative estimate of drug-likeness (QED) is 0.431. The Morgan fingerprint density at radius 2 is 2.00 bits per heavy atom. The number of aliphatic hydroxyl groups excluding tert-OH is 1. The maximum absolute atomic E-state index is 9.91. The van der Waals surface area contributed by atoms with E-state index in [0.717, 1.165) is 6.54 Å². The maximum Gasteiger partial charge on any atom is 0.123 e. The van der Waals surface area contributed by atoms with E-state index >= 15 is 0 Å². The molecule has 84 valence electrons. The summed E-state index contributed by atoms with van der Waals surface area (Å²) in [7, 11) is 1.86. The smallest absolute Gasteiger partial charge is 0.123 e. The van der Waals surface area contributed by atoms with Gasteiger partial charge in [0.25, 0.3) is 0 Å². The molecule has 1 heterocycles. The number of rotatable bonds is 5. The lowest BCUT2D eigenvalue weighted by Crippen LogP contribution is -2.57. The highest BCUT2D eigenvalue weighted by Gasteiger charge is 2.36. The molecular weight excluding hydrogens is 178 g/mol. The number of nitrogens with zero attached hydrogens (tertiary/aromatic N) is 1. The summed E-state index contributed by atoms with van der Waals surface area (Å²) in [6.45, 7) is 9.35. The first-order valence-corrected chi connectivity index (χ1v) is 5.27. The van der Waals surface area contributed by atoms with Crippen molar-refractivity contribution in [2.75, 3.05) is 13.6 Å². The van der Waals surface area contributed by atoms with E-state index in [1.165, 1.54) is 0 Å². The Balaban J connectivity index is 2.36. The fourth-order valence-corrected chi connectivity index (χ4v) is 1.47. The van der Waals surface area contributed by atoms with Crippen LogP contribution in [0.5, 0.6) is 0 Å². The second-order valence-electron chi connectivity index (χ2n) is 4.76. The Hall–Kier alpha value is -0.160. The standard InChI is InChI=1S/C10H23N3O/c1-7-6-13(7)8(2)12-9(14)10(3,4)11-5/h7-9,11-12,14H,6H2,1-5H3/t7-,8+,9+,13?/m1/s1. The molecule has 1 fully saturated rings. The molecule has 1 rings (SSSR count). The van der Waals surface area contributed by atoms with Crippen LogP contribution in [0.4, 0.5) is 0 Å². The molecule has 3 N–H and O–H groups in total. The van der Waals surface area contributed by atoms with E-state index in [2.05, 4.69) is 29.4 Å². The molecule has 0 radical (unpaired) electrons. The van der Waals surface area contributed by atoms with Gasteiger partial charge in [-0.1, -0.05) is 0 Å². The highest BCUT2D eigenvalue weighted by Crippen LogP contribution is 2.19.